The number of ether oxygens (including phenoxy) is 5. The van der Waals surface area contributed by atoms with E-state index in [2.05, 4.69) is 13.2 Å². The van der Waals surface area contributed by atoms with Crippen LogP contribution in [0.5, 0.6) is 11.5 Å². The van der Waals surface area contributed by atoms with Crippen molar-refractivity contribution in [2.24, 2.45) is 47.3 Å². The molecule has 0 atom stereocenters. The highest BCUT2D eigenvalue weighted by Crippen LogP contribution is 2.41. The Labute approximate surface area is 365 Å². The molecule has 1 aromatic rings. The minimum absolute atomic E-state index is 0.0962. The van der Waals surface area contributed by atoms with E-state index >= 15 is 0 Å². The van der Waals surface area contributed by atoms with Gasteiger partial charge in [-0.25, -0.2) is 14.4 Å². The molecule has 1 aromatic carbocycles. The molecule has 338 valence electrons. The Hall–Kier alpha value is -3.95. The van der Waals surface area contributed by atoms with E-state index in [9.17, 15) is 24.0 Å². The third-order valence-corrected chi connectivity index (χ3v) is 14.5. The lowest BCUT2D eigenvalue weighted by atomic mass is 9.75. The zero-order valence-corrected chi connectivity index (χ0v) is 37.1. The fourth-order valence-electron chi connectivity index (χ4n) is 10.5. The normalized spacial score (nSPS) is 26.6. The molecule has 0 heterocycles. The van der Waals surface area contributed by atoms with Gasteiger partial charge in [0.05, 0.1) is 37.2 Å². The van der Waals surface area contributed by atoms with E-state index in [1.54, 1.807) is 19.1 Å². The Bertz CT molecular complexity index is 1570. The average molecular weight is 847 g/mol. The molecule has 10 heteroatoms. The summed E-state index contributed by atoms with van der Waals surface area (Å²) in [4.78, 5) is 62.3. The Morgan fingerprint density at radius 2 is 0.869 bits per heavy atom. The number of hydrogen-bond acceptors (Lipinski definition) is 10. The van der Waals surface area contributed by atoms with Gasteiger partial charge >= 0.3 is 29.8 Å². The molecule has 4 saturated carbocycles. The van der Waals surface area contributed by atoms with Crippen LogP contribution in [-0.2, 0) is 33.4 Å². The molecule has 4 aliphatic rings. The number of carbonyl (C=O) groups excluding carboxylic acids is 5. The Balaban J connectivity index is 1.01. The van der Waals surface area contributed by atoms with Gasteiger partial charge in [0.2, 0.25) is 0 Å². The molecule has 0 bridgehead atoms. The van der Waals surface area contributed by atoms with Gasteiger partial charge in [0.1, 0.15) is 0 Å². The second-order valence-corrected chi connectivity index (χ2v) is 18.6. The average Bonchev–Trinajstić information content (AvgIpc) is 3.29. The fourth-order valence-corrected chi connectivity index (χ4v) is 10.5. The minimum Gasteiger partial charge on any atom is -0.463 e. The summed E-state index contributed by atoms with van der Waals surface area (Å²) in [5.74, 6) is 2.18. The lowest BCUT2D eigenvalue weighted by molar-refractivity contribution is -0.143. The van der Waals surface area contributed by atoms with Gasteiger partial charge in [-0.05, 0) is 138 Å². The Kier molecular flexibility index (Phi) is 20.4. The first-order valence-electron chi connectivity index (χ1n) is 24.0. The van der Waals surface area contributed by atoms with Gasteiger partial charge in [-0.1, -0.05) is 90.2 Å². The molecule has 4 aliphatic carbocycles. The smallest absolute Gasteiger partial charge is 0.338 e. The van der Waals surface area contributed by atoms with Crippen LogP contribution in [0.15, 0.2) is 43.5 Å². The van der Waals surface area contributed by atoms with Crippen molar-refractivity contribution in [2.75, 3.05) is 19.8 Å². The lowest BCUT2D eigenvalue weighted by Gasteiger charge is -2.31. The van der Waals surface area contributed by atoms with Crippen molar-refractivity contribution in [3.8, 4) is 11.5 Å². The zero-order chi connectivity index (χ0) is 43.4. The van der Waals surface area contributed by atoms with Crippen molar-refractivity contribution in [1.29, 1.82) is 0 Å². The lowest BCUT2D eigenvalue weighted by Crippen LogP contribution is -2.28. The zero-order valence-electron chi connectivity index (χ0n) is 37.1. The molecular formula is C51H74O10. The van der Waals surface area contributed by atoms with E-state index in [4.69, 9.17) is 23.7 Å². The molecule has 5 rings (SSSR count). The highest BCUT2D eigenvalue weighted by Gasteiger charge is 2.32. The molecule has 0 spiro atoms. The fraction of sp³-hybridized carbons (Fsp3) is 0.706. The van der Waals surface area contributed by atoms with Gasteiger partial charge < -0.3 is 23.7 Å². The van der Waals surface area contributed by atoms with Crippen LogP contribution in [0.1, 0.15) is 171 Å². The third kappa shape index (κ3) is 16.4. The van der Waals surface area contributed by atoms with Crippen molar-refractivity contribution in [3.05, 3.63) is 49.1 Å². The molecule has 0 unspecified atom stereocenters. The van der Waals surface area contributed by atoms with Crippen molar-refractivity contribution < 1.29 is 47.7 Å². The second kappa shape index (κ2) is 25.9. The summed E-state index contributed by atoms with van der Waals surface area (Å²) in [5, 5.41) is 0. The molecule has 4 fully saturated rings. The molecule has 61 heavy (non-hydrogen) atoms. The summed E-state index contributed by atoms with van der Waals surface area (Å²) in [6.45, 7) is 9.80. The molecule has 0 N–H and O–H groups in total. The van der Waals surface area contributed by atoms with Crippen molar-refractivity contribution in [2.45, 2.75) is 161 Å². The van der Waals surface area contributed by atoms with Gasteiger partial charge in [-0.3, -0.25) is 9.59 Å². The molecule has 0 radical (unpaired) electrons. The number of rotatable bonds is 22. The van der Waals surface area contributed by atoms with Crippen molar-refractivity contribution in [3.63, 3.8) is 0 Å². The predicted octanol–water partition coefficient (Wildman–Crippen LogP) is 11.5. The van der Waals surface area contributed by atoms with Gasteiger partial charge in [-0.2, -0.15) is 0 Å². The van der Waals surface area contributed by atoms with Crippen LogP contribution in [0.3, 0.4) is 0 Å². The maximum Gasteiger partial charge on any atom is 0.338 e. The maximum absolute atomic E-state index is 13.6. The van der Waals surface area contributed by atoms with Crippen molar-refractivity contribution in [1.82, 2.24) is 0 Å². The first kappa shape index (κ1) is 48.1. The molecular weight excluding hydrogens is 773 g/mol. The number of benzene rings is 1. The Morgan fingerprint density at radius 1 is 0.508 bits per heavy atom. The van der Waals surface area contributed by atoms with E-state index in [1.165, 1.54) is 95.3 Å². The van der Waals surface area contributed by atoms with Gasteiger partial charge in [-0.15, -0.1) is 0 Å². The number of carbonyl (C=O) groups is 5. The molecule has 0 saturated heterocycles. The number of esters is 5. The van der Waals surface area contributed by atoms with E-state index in [-0.39, 0.29) is 59.4 Å². The largest absolute Gasteiger partial charge is 0.463 e. The van der Waals surface area contributed by atoms with Crippen LogP contribution in [0, 0.1) is 47.3 Å². The van der Waals surface area contributed by atoms with Crippen LogP contribution >= 0.6 is 0 Å². The first-order valence-corrected chi connectivity index (χ1v) is 24.0. The summed E-state index contributed by atoms with van der Waals surface area (Å²) in [6, 6.07) is 4.59. The summed E-state index contributed by atoms with van der Waals surface area (Å²) in [5.41, 5.74) is 0.247. The second-order valence-electron chi connectivity index (χ2n) is 18.6. The quantitative estimate of drug-likeness (QED) is 0.0365. The van der Waals surface area contributed by atoms with E-state index in [0.717, 1.165) is 101 Å². The van der Waals surface area contributed by atoms with Gasteiger partial charge in [0.15, 0.2) is 11.5 Å². The standard InChI is InChI=1S/C51H74O10/c1-4-47(52)58-33-7-9-36-11-15-38(16-12-36)19-21-40-23-27-42(28-24-40)50(55)60-45-32-31-44(49(54)57-6-3)35-46(45)61-51(56)43-29-25-41(26-30-43)22-20-39-17-13-37(14-18-39)10-8-34-59-48(53)5-2/h4-5,31-32,35-43H,1-2,6-30,33-34H2,3H3. The maximum atomic E-state index is 13.6. The topological polar surface area (TPSA) is 132 Å². The first-order chi connectivity index (χ1) is 29.6. The van der Waals surface area contributed by atoms with Gasteiger partial charge in [0.25, 0.3) is 0 Å². The van der Waals surface area contributed by atoms with Crippen LogP contribution in [0.4, 0.5) is 0 Å². The highest BCUT2D eigenvalue weighted by atomic mass is 16.6. The highest BCUT2D eigenvalue weighted by molar-refractivity contribution is 5.91. The van der Waals surface area contributed by atoms with Crippen LogP contribution in [-0.4, -0.2) is 49.7 Å². The third-order valence-electron chi connectivity index (χ3n) is 14.5. The molecule has 10 nitrogen and oxygen atoms in total. The summed E-state index contributed by atoms with van der Waals surface area (Å²) < 4.78 is 27.4. The Morgan fingerprint density at radius 3 is 1.25 bits per heavy atom. The van der Waals surface area contributed by atoms with Crippen LogP contribution in [0.2, 0.25) is 0 Å². The number of hydrogen-bond donors (Lipinski definition) is 0. The summed E-state index contributed by atoms with van der Waals surface area (Å²) in [6.07, 6.45) is 28.5. The predicted molar refractivity (Wildman–Crippen MR) is 235 cm³/mol. The van der Waals surface area contributed by atoms with Crippen LogP contribution in [0.25, 0.3) is 0 Å². The van der Waals surface area contributed by atoms with E-state index in [1.807, 2.05) is 0 Å². The molecule has 0 amide bonds. The van der Waals surface area contributed by atoms with E-state index in [0.29, 0.717) is 25.0 Å². The minimum atomic E-state index is -0.520. The molecule has 0 aromatic heterocycles. The van der Waals surface area contributed by atoms with E-state index < -0.39 is 5.97 Å². The summed E-state index contributed by atoms with van der Waals surface area (Å²) in [7, 11) is 0. The summed E-state index contributed by atoms with van der Waals surface area (Å²) >= 11 is 0. The molecule has 0 aliphatic heterocycles. The van der Waals surface area contributed by atoms with Gasteiger partial charge in [0, 0.05) is 12.2 Å². The SMILES string of the molecule is C=CC(=O)OCCCC1CCC(CCC2CCC(C(=O)Oc3ccc(C(=O)OCC)cc3OC(=O)C3CCC(CCC4CCC(CCCOC(=O)C=C)CC4)CC3)CC2)CC1. The van der Waals surface area contributed by atoms with Crippen molar-refractivity contribution >= 4 is 29.8 Å². The van der Waals surface area contributed by atoms with Crippen LogP contribution < -0.4 is 9.47 Å². The monoisotopic (exact) mass is 847 g/mol.